The molecule has 0 aromatic heterocycles. The van der Waals surface area contributed by atoms with Crippen molar-refractivity contribution < 1.29 is 19.1 Å². The molecule has 6 heteroatoms. The summed E-state index contributed by atoms with van der Waals surface area (Å²) in [5.41, 5.74) is -0.596. The zero-order valence-corrected chi connectivity index (χ0v) is 12.1. The van der Waals surface area contributed by atoms with Crippen molar-refractivity contribution in [3.8, 4) is 0 Å². The highest BCUT2D eigenvalue weighted by molar-refractivity contribution is 5.81. The molecule has 0 heterocycles. The maximum absolute atomic E-state index is 11.6. The Labute approximate surface area is 109 Å². The first-order valence-corrected chi connectivity index (χ1v) is 5.95. The Morgan fingerprint density at radius 3 is 2.28 bits per heavy atom. The summed E-state index contributed by atoms with van der Waals surface area (Å²) in [5, 5.41) is 2.51. The highest BCUT2D eigenvalue weighted by Crippen LogP contribution is 2.07. The van der Waals surface area contributed by atoms with Gasteiger partial charge in [0.15, 0.2) is 0 Å². The van der Waals surface area contributed by atoms with Crippen molar-refractivity contribution in [3.63, 3.8) is 0 Å². The minimum Gasteiger partial charge on any atom is -0.467 e. The van der Waals surface area contributed by atoms with Gasteiger partial charge in [-0.1, -0.05) is 6.92 Å². The van der Waals surface area contributed by atoms with E-state index in [1.165, 1.54) is 7.11 Å². The van der Waals surface area contributed by atoms with Crippen LogP contribution in [0.4, 0.5) is 4.79 Å². The molecule has 0 bridgehead atoms. The monoisotopic (exact) mass is 260 g/mol. The van der Waals surface area contributed by atoms with Crippen molar-refractivity contribution in [2.75, 3.05) is 27.2 Å². The molecule has 6 nitrogen and oxygen atoms in total. The summed E-state index contributed by atoms with van der Waals surface area (Å²) in [6, 6.07) is -0.727. The normalized spacial score (nSPS) is 13.1. The van der Waals surface area contributed by atoms with Crippen LogP contribution in [0.1, 0.15) is 27.7 Å². The van der Waals surface area contributed by atoms with E-state index in [0.717, 1.165) is 6.54 Å². The van der Waals surface area contributed by atoms with Crippen LogP contribution in [-0.4, -0.2) is 55.9 Å². The maximum Gasteiger partial charge on any atom is 0.408 e. The summed E-state index contributed by atoms with van der Waals surface area (Å²) >= 11 is 0. The quantitative estimate of drug-likeness (QED) is 0.747. The van der Waals surface area contributed by atoms with Crippen LogP contribution in [0.2, 0.25) is 0 Å². The van der Waals surface area contributed by atoms with Crippen molar-refractivity contribution in [1.29, 1.82) is 0 Å². The number of likely N-dealkylation sites (N-methyl/N-ethyl adjacent to an activating group) is 1. The molecule has 0 saturated carbocycles. The highest BCUT2D eigenvalue weighted by atomic mass is 16.6. The second kappa shape index (κ2) is 7.20. The zero-order chi connectivity index (χ0) is 14.3. The standard InChI is InChI=1S/C12H24N2O4/c1-7-14(5)8-9(10(15)17-6)13-11(16)18-12(2,3)4/h9H,7-8H2,1-6H3,(H,13,16)/t9-/m0/s1. The van der Waals surface area contributed by atoms with E-state index in [2.05, 4.69) is 10.1 Å². The molecule has 0 radical (unpaired) electrons. The van der Waals surface area contributed by atoms with E-state index in [0.29, 0.717) is 6.54 Å². The number of ether oxygens (including phenoxy) is 2. The first-order chi connectivity index (χ1) is 8.19. The second-order valence-corrected chi connectivity index (χ2v) is 5.08. The summed E-state index contributed by atoms with van der Waals surface area (Å²) in [5.74, 6) is -0.485. The number of carbonyl (C=O) groups excluding carboxylic acids is 2. The van der Waals surface area contributed by atoms with E-state index >= 15 is 0 Å². The Bertz CT molecular complexity index is 286. The molecular formula is C12H24N2O4. The lowest BCUT2D eigenvalue weighted by Gasteiger charge is -2.24. The molecule has 0 rings (SSSR count). The third kappa shape index (κ3) is 7.11. The van der Waals surface area contributed by atoms with Gasteiger partial charge in [0.05, 0.1) is 7.11 Å². The van der Waals surface area contributed by atoms with E-state index in [4.69, 9.17) is 4.74 Å². The van der Waals surface area contributed by atoms with Crippen LogP contribution in [-0.2, 0) is 14.3 Å². The van der Waals surface area contributed by atoms with Crippen LogP contribution in [0.3, 0.4) is 0 Å². The van der Waals surface area contributed by atoms with Crippen molar-refractivity contribution in [3.05, 3.63) is 0 Å². The van der Waals surface area contributed by atoms with Crippen molar-refractivity contribution in [1.82, 2.24) is 10.2 Å². The molecule has 0 aliphatic carbocycles. The second-order valence-electron chi connectivity index (χ2n) is 5.08. The van der Waals surface area contributed by atoms with Gasteiger partial charge in [0.1, 0.15) is 11.6 Å². The molecule has 0 aromatic carbocycles. The van der Waals surface area contributed by atoms with Crippen molar-refractivity contribution in [2.45, 2.75) is 39.3 Å². The fourth-order valence-corrected chi connectivity index (χ4v) is 1.21. The lowest BCUT2D eigenvalue weighted by molar-refractivity contribution is -0.143. The average Bonchev–Trinajstić information content (AvgIpc) is 2.24. The van der Waals surface area contributed by atoms with Gasteiger partial charge in [-0.05, 0) is 34.4 Å². The number of rotatable bonds is 5. The summed E-state index contributed by atoms with van der Waals surface area (Å²) in [6.45, 7) is 8.39. The first-order valence-electron chi connectivity index (χ1n) is 5.95. The molecule has 1 N–H and O–H groups in total. The van der Waals surface area contributed by atoms with Gasteiger partial charge in [0.25, 0.3) is 0 Å². The van der Waals surface area contributed by atoms with Crippen LogP contribution in [0.25, 0.3) is 0 Å². The minimum absolute atomic E-state index is 0.377. The van der Waals surface area contributed by atoms with E-state index in [1.54, 1.807) is 20.8 Å². The fraction of sp³-hybridized carbons (Fsp3) is 0.833. The summed E-state index contributed by atoms with van der Waals surface area (Å²) < 4.78 is 9.75. The number of esters is 1. The minimum atomic E-state index is -0.727. The van der Waals surface area contributed by atoms with Gasteiger partial charge in [-0.3, -0.25) is 0 Å². The number of hydrogen-bond donors (Lipinski definition) is 1. The zero-order valence-electron chi connectivity index (χ0n) is 12.1. The summed E-state index contributed by atoms with van der Waals surface area (Å²) in [4.78, 5) is 25.0. The lowest BCUT2D eigenvalue weighted by Crippen LogP contribution is -2.49. The van der Waals surface area contributed by atoms with Crippen molar-refractivity contribution >= 4 is 12.1 Å². The van der Waals surface area contributed by atoms with Gasteiger partial charge in [-0.25, -0.2) is 9.59 Å². The largest absolute Gasteiger partial charge is 0.467 e. The molecule has 0 aromatic rings. The Kier molecular flexibility index (Phi) is 6.68. The van der Waals surface area contributed by atoms with Crippen LogP contribution in [0, 0.1) is 0 Å². The third-order valence-corrected chi connectivity index (χ3v) is 2.21. The molecule has 0 unspecified atom stereocenters. The van der Waals surface area contributed by atoms with Crippen LogP contribution < -0.4 is 5.32 Å². The molecule has 0 fully saturated rings. The number of amides is 1. The van der Waals surface area contributed by atoms with Gasteiger partial charge in [0, 0.05) is 6.54 Å². The van der Waals surface area contributed by atoms with Crippen molar-refractivity contribution in [2.24, 2.45) is 0 Å². The molecule has 106 valence electrons. The Balaban J connectivity index is 4.50. The average molecular weight is 260 g/mol. The molecule has 0 aliphatic rings. The Hall–Kier alpha value is -1.30. The number of carbonyl (C=O) groups is 2. The van der Waals surface area contributed by atoms with Crippen LogP contribution in [0.5, 0.6) is 0 Å². The van der Waals surface area contributed by atoms with Gasteiger partial charge in [-0.15, -0.1) is 0 Å². The predicted octanol–water partition coefficient (Wildman–Crippen LogP) is 1.00. The SMILES string of the molecule is CCN(C)C[C@H](NC(=O)OC(C)(C)C)C(=O)OC. The summed E-state index contributed by atoms with van der Waals surface area (Å²) in [7, 11) is 3.14. The van der Waals surface area contributed by atoms with E-state index < -0.39 is 23.7 Å². The first kappa shape index (κ1) is 16.7. The Morgan fingerprint density at radius 2 is 1.89 bits per heavy atom. The molecule has 18 heavy (non-hydrogen) atoms. The van der Waals surface area contributed by atoms with Gasteiger partial charge >= 0.3 is 12.1 Å². The Morgan fingerprint density at radius 1 is 1.33 bits per heavy atom. The number of hydrogen-bond acceptors (Lipinski definition) is 5. The van der Waals surface area contributed by atoms with E-state index in [1.807, 2.05) is 18.9 Å². The molecule has 0 aliphatic heterocycles. The van der Waals surface area contributed by atoms with Gasteiger partial charge in [-0.2, -0.15) is 0 Å². The number of nitrogens with zero attached hydrogens (tertiary/aromatic N) is 1. The fourth-order valence-electron chi connectivity index (χ4n) is 1.21. The topological polar surface area (TPSA) is 67.9 Å². The predicted molar refractivity (Wildman–Crippen MR) is 68.3 cm³/mol. The van der Waals surface area contributed by atoms with Gasteiger partial charge < -0.3 is 19.7 Å². The summed E-state index contributed by atoms with van der Waals surface area (Å²) in [6.07, 6.45) is -0.623. The van der Waals surface area contributed by atoms with Crippen LogP contribution in [0.15, 0.2) is 0 Å². The van der Waals surface area contributed by atoms with E-state index in [9.17, 15) is 9.59 Å². The number of methoxy groups -OCH3 is 1. The molecule has 0 spiro atoms. The molecular weight excluding hydrogens is 236 g/mol. The highest BCUT2D eigenvalue weighted by Gasteiger charge is 2.25. The van der Waals surface area contributed by atoms with E-state index in [-0.39, 0.29) is 0 Å². The van der Waals surface area contributed by atoms with Crippen LogP contribution >= 0.6 is 0 Å². The smallest absolute Gasteiger partial charge is 0.408 e. The number of alkyl carbamates (subject to hydrolysis) is 1. The maximum atomic E-state index is 11.6. The molecule has 0 saturated heterocycles. The molecule has 1 amide bonds. The number of nitrogens with one attached hydrogen (secondary N) is 1. The molecule has 1 atom stereocenters. The van der Waals surface area contributed by atoms with Gasteiger partial charge in [0.2, 0.25) is 0 Å². The third-order valence-electron chi connectivity index (χ3n) is 2.21. The lowest BCUT2D eigenvalue weighted by atomic mass is 10.2.